The Labute approximate surface area is 153 Å². The molecular formula is C22H24N2O2. The van der Waals surface area contributed by atoms with Crippen LogP contribution in [-0.4, -0.2) is 29.8 Å². The van der Waals surface area contributed by atoms with Crippen molar-refractivity contribution in [1.29, 1.82) is 0 Å². The molecule has 1 fully saturated rings. The minimum absolute atomic E-state index is 0.0733. The van der Waals surface area contributed by atoms with Crippen molar-refractivity contribution >= 4 is 10.9 Å². The maximum Gasteiger partial charge on any atom is 0.119 e. The van der Waals surface area contributed by atoms with Crippen molar-refractivity contribution < 1.29 is 9.84 Å². The number of aromatic nitrogens is 1. The first-order valence-corrected chi connectivity index (χ1v) is 9.22. The van der Waals surface area contributed by atoms with E-state index >= 15 is 0 Å². The standard InChI is InChI=1S/C22H24N2O2/c1-26-16-10-11-19-17(13-16)18(22(25)20-9-5-6-12-23-20)14-21(24-19)15-7-3-2-4-8-15/h2-4,7-8,10-11,13-14,20,22-23,25H,5-6,9,12H2,1H3. The Hall–Kier alpha value is -2.43. The fraction of sp³-hybridized carbons (Fsp3) is 0.318. The number of hydrogen-bond acceptors (Lipinski definition) is 4. The highest BCUT2D eigenvalue weighted by molar-refractivity contribution is 5.87. The molecule has 2 atom stereocenters. The Morgan fingerprint density at radius 3 is 2.69 bits per heavy atom. The minimum atomic E-state index is -0.574. The van der Waals surface area contributed by atoms with Gasteiger partial charge in [0, 0.05) is 17.0 Å². The van der Waals surface area contributed by atoms with Crippen LogP contribution >= 0.6 is 0 Å². The average molecular weight is 348 g/mol. The number of piperidine rings is 1. The second-order valence-electron chi connectivity index (χ2n) is 6.85. The smallest absolute Gasteiger partial charge is 0.119 e. The van der Waals surface area contributed by atoms with Gasteiger partial charge in [0.2, 0.25) is 0 Å². The van der Waals surface area contributed by atoms with Crippen LogP contribution in [0.1, 0.15) is 30.9 Å². The van der Waals surface area contributed by atoms with E-state index in [1.54, 1.807) is 7.11 Å². The quantitative estimate of drug-likeness (QED) is 0.746. The molecule has 0 amide bonds. The van der Waals surface area contributed by atoms with Gasteiger partial charge in [-0.25, -0.2) is 4.98 Å². The van der Waals surface area contributed by atoms with E-state index in [0.717, 1.165) is 52.9 Å². The van der Waals surface area contributed by atoms with Crippen LogP contribution in [-0.2, 0) is 0 Å². The van der Waals surface area contributed by atoms with Gasteiger partial charge in [0.15, 0.2) is 0 Å². The largest absolute Gasteiger partial charge is 0.497 e. The summed E-state index contributed by atoms with van der Waals surface area (Å²) in [5.74, 6) is 0.775. The van der Waals surface area contributed by atoms with Gasteiger partial charge in [0.25, 0.3) is 0 Å². The van der Waals surface area contributed by atoms with Gasteiger partial charge >= 0.3 is 0 Å². The SMILES string of the molecule is COc1ccc2nc(-c3ccccc3)cc(C(O)C3CCCCN3)c2c1. The molecule has 26 heavy (non-hydrogen) atoms. The molecule has 0 aliphatic carbocycles. The van der Waals surface area contributed by atoms with Gasteiger partial charge in [0.1, 0.15) is 5.75 Å². The van der Waals surface area contributed by atoms with Crippen molar-refractivity contribution in [3.8, 4) is 17.0 Å². The third-order valence-corrected chi connectivity index (χ3v) is 5.17. The van der Waals surface area contributed by atoms with E-state index in [9.17, 15) is 5.11 Å². The Morgan fingerprint density at radius 2 is 1.96 bits per heavy atom. The first-order valence-electron chi connectivity index (χ1n) is 9.22. The Morgan fingerprint density at radius 1 is 1.12 bits per heavy atom. The lowest BCUT2D eigenvalue weighted by Crippen LogP contribution is -2.38. The number of fused-ring (bicyclic) bond motifs is 1. The summed E-state index contributed by atoms with van der Waals surface area (Å²) in [5, 5.41) is 15.6. The molecule has 3 aromatic rings. The van der Waals surface area contributed by atoms with Crippen molar-refractivity contribution in [2.45, 2.75) is 31.4 Å². The molecule has 4 heteroatoms. The summed E-state index contributed by atoms with van der Waals surface area (Å²) in [6.07, 6.45) is 2.72. The topological polar surface area (TPSA) is 54.4 Å². The van der Waals surface area contributed by atoms with E-state index in [1.807, 2.05) is 54.6 Å². The van der Waals surface area contributed by atoms with E-state index in [4.69, 9.17) is 9.72 Å². The maximum absolute atomic E-state index is 11.1. The highest BCUT2D eigenvalue weighted by Gasteiger charge is 2.25. The highest BCUT2D eigenvalue weighted by Crippen LogP contribution is 2.33. The van der Waals surface area contributed by atoms with E-state index < -0.39 is 6.10 Å². The van der Waals surface area contributed by atoms with Crippen LogP contribution in [0.4, 0.5) is 0 Å². The fourth-order valence-electron chi connectivity index (χ4n) is 3.72. The van der Waals surface area contributed by atoms with Gasteiger partial charge < -0.3 is 15.2 Å². The summed E-state index contributed by atoms with van der Waals surface area (Å²) in [6.45, 7) is 0.958. The molecule has 0 radical (unpaired) electrons. The lowest BCUT2D eigenvalue weighted by Gasteiger charge is -2.29. The summed E-state index contributed by atoms with van der Waals surface area (Å²) in [4.78, 5) is 4.82. The molecule has 1 aliphatic rings. The van der Waals surface area contributed by atoms with Crippen LogP contribution in [0.2, 0.25) is 0 Å². The van der Waals surface area contributed by atoms with E-state index in [1.165, 1.54) is 6.42 Å². The van der Waals surface area contributed by atoms with Gasteiger partial charge in [-0.3, -0.25) is 0 Å². The van der Waals surface area contributed by atoms with Crippen molar-refractivity contribution in [1.82, 2.24) is 10.3 Å². The molecule has 0 saturated carbocycles. The molecule has 4 nitrogen and oxygen atoms in total. The summed E-state index contributed by atoms with van der Waals surface area (Å²) >= 11 is 0. The Kier molecular flexibility index (Phi) is 4.87. The molecular weight excluding hydrogens is 324 g/mol. The molecule has 1 saturated heterocycles. The molecule has 134 valence electrons. The molecule has 1 aliphatic heterocycles. The molecule has 2 heterocycles. The Balaban J connectivity index is 1.86. The van der Waals surface area contributed by atoms with Gasteiger partial charge in [-0.15, -0.1) is 0 Å². The second kappa shape index (κ2) is 7.44. The monoisotopic (exact) mass is 348 g/mol. The van der Waals surface area contributed by atoms with Gasteiger partial charge in [-0.2, -0.15) is 0 Å². The fourth-order valence-corrected chi connectivity index (χ4v) is 3.72. The van der Waals surface area contributed by atoms with Crippen molar-refractivity contribution in [3.05, 3.63) is 60.2 Å². The summed E-state index contributed by atoms with van der Waals surface area (Å²) in [7, 11) is 1.66. The lowest BCUT2D eigenvalue weighted by molar-refractivity contribution is 0.115. The average Bonchev–Trinajstić information content (AvgIpc) is 2.73. The summed E-state index contributed by atoms with van der Waals surface area (Å²) < 4.78 is 5.39. The third kappa shape index (κ3) is 3.30. The van der Waals surface area contributed by atoms with E-state index in [0.29, 0.717) is 0 Å². The van der Waals surface area contributed by atoms with E-state index in [-0.39, 0.29) is 6.04 Å². The van der Waals surface area contributed by atoms with Gasteiger partial charge in [0.05, 0.1) is 24.4 Å². The number of pyridine rings is 1. The number of nitrogens with one attached hydrogen (secondary N) is 1. The first-order chi connectivity index (χ1) is 12.8. The van der Waals surface area contributed by atoms with Crippen LogP contribution < -0.4 is 10.1 Å². The second-order valence-corrected chi connectivity index (χ2v) is 6.85. The molecule has 1 aromatic heterocycles. The Bertz CT molecular complexity index is 889. The number of benzene rings is 2. The van der Waals surface area contributed by atoms with Crippen LogP contribution in [0.15, 0.2) is 54.6 Å². The van der Waals surface area contributed by atoms with Gasteiger partial charge in [-0.05, 0) is 49.2 Å². The minimum Gasteiger partial charge on any atom is -0.497 e. The summed E-state index contributed by atoms with van der Waals surface area (Å²) in [5.41, 5.74) is 3.72. The van der Waals surface area contributed by atoms with Crippen molar-refractivity contribution in [2.75, 3.05) is 13.7 Å². The number of nitrogens with zero attached hydrogens (tertiary/aromatic N) is 1. The molecule has 0 bridgehead atoms. The van der Waals surface area contributed by atoms with Crippen LogP contribution in [0, 0.1) is 0 Å². The lowest BCUT2D eigenvalue weighted by atomic mass is 9.91. The predicted molar refractivity (Wildman–Crippen MR) is 104 cm³/mol. The number of aliphatic hydroxyl groups excluding tert-OH is 1. The number of aliphatic hydroxyl groups is 1. The predicted octanol–water partition coefficient (Wildman–Crippen LogP) is 4.09. The van der Waals surface area contributed by atoms with Crippen molar-refractivity contribution in [2.24, 2.45) is 0 Å². The zero-order valence-electron chi connectivity index (χ0n) is 15.0. The number of hydrogen-bond donors (Lipinski definition) is 2. The molecule has 4 rings (SSSR count). The molecule has 2 N–H and O–H groups in total. The highest BCUT2D eigenvalue weighted by atomic mass is 16.5. The number of ether oxygens (including phenoxy) is 1. The number of methoxy groups -OCH3 is 1. The zero-order chi connectivity index (χ0) is 17.9. The first kappa shape index (κ1) is 17.0. The van der Waals surface area contributed by atoms with E-state index in [2.05, 4.69) is 5.32 Å². The zero-order valence-corrected chi connectivity index (χ0v) is 15.0. The molecule has 0 spiro atoms. The third-order valence-electron chi connectivity index (χ3n) is 5.17. The van der Waals surface area contributed by atoms with Gasteiger partial charge in [-0.1, -0.05) is 36.8 Å². The van der Waals surface area contributed by atoms with Crippen LogP contribution in [0.5, 0.6) is 5.75 Å². The van der Waals surface area contributed by atoms with Crippen LogP contribution in [0.3, 0.4) is 0 Å². The maximum atomic E-state index is 11.1. The normalized spacial score (nSPS) is 18.6. The molecule has 2 aromatic carbocycles. The van der Waals surface area contributed by atoms with Crippen LogP contribution in [0.25, 0.3) is 22.2 Å². The van der Waals surface area contributed by atoms with Crippen molar-refractivity contribution in [3.63, 3.8) is 0 Å². The molecule has 2 unspecified atom stereocenters. The summed E-state index contributed by atoms with van der Waals surface area (Å²) in [6, 6.07) is 18.1. The number of rotatable bonds is 4.